The molecule has 3 nitrogen and oxygen atoms in total. The Morgan fingerprint density at radius 3 is 2.65 bits per heavy atom. The second-order valence-electron chi connectivity index (χ2n) is 12.4. The monoisotopic (exact) mass is 513 g/mol. The Hall–Kier alpha value is -2.25. The summed E-state index contributed by atoms with van der Waals surface area (Å²) in [6, 6.07) is 8.73. The van der Waals surface area contributed by atoms with Crippen LogP contribution in [0.15, 0.2) is 46.5 Å². The summed E-state index contributed by atoms with van der Waals surface area (Å²) in [5.74, 6) is 9.07. The van der Waals surface area contributed by atoms with Gasteiger partial charge in [0, 0.05) is 18.0 Å². The molecule has 0 amide bonds. The van der Waals surface area contributed by atoms with Crippen LogP contribution < -0.4 is 4.90 Å². The Bertz CT molecular complexity index is 1220. The van der Waals surface area contributed by atoms with Crippen LogP contribution in [0.3, 0.4) is 0 Å². The lowest BCUT2D eigenvalue weighted by Crippen LogP contribution is -2.46. The molecule has 37 heavy (non-hydrogen) atoms. The minimum absolute atomic E-state index is 0.337. The molecule has 1 aromatic carbocycles. The van der Waals surface area contributed by atoms with Crippen LogP contribution in [0, 0.1) is 35.5 Å². The van der Waals surface area contributed by atoms with Crippen LogP contribution in [0.4, 0.5) is 5.82 Å². The molecule has 0 N–H and O–H groups in total. The van der Waals surface area contributed by atoms with E-state index in [4.69, 9.17) is 9.97 Å². The summed E-state index contributed by atoms with van der Waals surface area (Å²) in [5, 5.41) is 0. The fraction of sp³-hybridized carbons (Fsp3) is 0.576. The highest BCUT2D eigenvalue weighted by Gasteiger charge is 2.52. The van der Waals surface area contributed by atoms with Crippen LogP contribution in [-0.4, -0.2) is 28.8 Å². The van der Waals surface area contributed by atoms with Crippen molar-refractivity contribution in [1.29, 1.82) is 0 Å². The van der Waals surface area contributed by atoms with Gasteiger partial charge in [0.25, 0.3) is 0 Å². The van der Waals surface area contributed by atoms with Gasteiger partial charge in [-0.15, -0.1) is 11.8 Å². The number of hydrogen-bond donors (Lipinski definition) is 0. The molecule has 0 bridgehead atoms. The average molecular weight is 514 g/mol. The molecule has 1 unspecified atom stereocenters. The zero-order valence-corrected chi connectivity index (χ0v) is 24.3. The predicted molar refractivity (Wildman–Crippen MR) is 157 cm³/mol. The van der Waals surface area contributed by atoms with E-state index < -0.39 is 0 Å². The van der Waals surface area contributed by atoms with Gasteiger partial charge in [-0.2, -0.15) is 0 Å². The molecule has 0 radical (unpaired) electrons. The molecule has 2 aromatic rings. The van der Waals surface area contributed by atoms with Gasteiger partial charge in [0.05, 0.1) is 17.6 Å². The standard InChI is InChI=1S/C33H43N3S/c1-6-25-11-9-14-28(21-25)37-20-10-13-27-23-34-31(24(2)35-27)36-18-16-33(17-19-36)22-26-12-7-8-15-29(26)30(33)32(3,4)5/h9,11,14,21,23,30H,6-8,12,15-20,22H2,1-5H3. The van der Waals surface area contributed by atoms with Gasteiger partial charge in [-0.1, -0.05) is 56.9 Å². The number of rotatable bonds is 4. The van der Waals surface area contributed by atoms with Crippen molar-refractivity contribution < 1.29 is 0 Å². The Balaban J connectivity index is 1.22. The smallest absolute Gasteiger partial charge is 0.150 e. The van der Waals surface area contributed by atoms with Crippen molar-refractivity contribution >= 4 is 17.6 Å². The van der Waals surface area contributed by atoms with Crippen molar-refractivity contribution in [2.24, 2.45) is 16.7 Å². The summed E-state index contributed by atoms with van der Waals surface area (Å²) < 4.78 is 0. The third-order valence-corrected chi connectivity index (χ3v) is 9.71. The summed E-state index contributed by atoms with van der Waals surface area (Å²) in [4.78, 5) is 13.5. The van der Waals surface area contributed by atoms with Gasteiger partial charge in [0.2, 0.25) is 0 Å². The number of thioether (sulfide) groups is 1. The second kappa shape index (κ2) is 10.9. The van der Waals surface area contributed by atoms with E-state index in [9.17, 15) is 0 Å². The number of piperidine rings is 1. The van der Waals surface area contributed by atoms with Crippen molar-refractivity contribution in [2.75, 3.05) is 23.7 Å². The van der Waals surface area contributed by atoms with E-state index in [1.807, 2.05) is 17.3 Å². The minimum atomic E-state index is 0.337. The van der Waals surface area contributed by atoms with E-state index in [1.54, 1.807) is 11.8 Å². The molecule has 1 aromatic heterocycles. The lowest BCUT2D eigenvalue weighted by molar-refractivity contribution is 0.0725. The molecule has 1 spiro atoms. The first-order valence-electron chi connectivity index (χ1n) is 14.3. The largest absolute Gasteiger partial charge is 0.355 e. The van der Waals surface area contributed by atoms with E-state index in [-0.39, 0.29) is 0 Å². The quantitative estimate of drug-likeness (QED) is 0.235. The van der Waals surface area contributed by atoms with Crippen molar-refractivity contribution in [3.05, 3.63) is 58.6 Å². The van der Waals surface area contributed by atoms with Gasteiger partial charge in [-0.25, -0.2) is 9.97 Å². The zero-order valence-electron chi connectivity index (χ0n) is 23.5. The zero-order chi connectivity index (χ0) is 26.0. The van der Waals surface area contributed by atoms with E-state index >= 15 is 0 Å². The SMILES string of the molecule is CCc1cccc(SCC#Cc2cnc(N3CCC4(CC3)CC3=C(CCCC3)C4C(C)(C)C)c(C)n2)c1. The average Bonchev–Trinajstić information content (AvgIpc) is 3.21. The van der Waals surface area contributed by atoms with Gasteiger partial charge in [-0.05, 0) is 98.7 Å². The van der Waals surface area contributed by atoms with Crippen LogP contribution in [0.2, 0.25) is 0 Å². The fourth-order valence-electron chi connectivity index (χ4n) is 7.46. The summed E-state index contributed by atoms with van der Waals surface area (Å²) >= 11 is 1.78. The van der Waals surface area contributed by atoms with E-state index in [1.165, 1.54) is 55.4 Å². The number of hydrogen-bond acceptors (Lipinski definition) is 4. The molecule has 5 rings (SSSR count). The first-order valence-corrected chi connectivity index (χ1v) is 15.3. The number of allylic oxidation sites excluding steroid dienone is 2. The number of aryl methyl sites for hydroxylation is 2. The topological polar surface area (TPSA) is 29.0 Å². The van der Waals surface area contributed by atoms with Crippen molar-refractivity contribution in [3.63, 3.8) is 0 Å². The Kier molecular flexibility index (Phi) is 7.73. The first-order chi connectivity index (χ1) is 17.8. The highest BCUT2D eigenvalue weighted by atomic mass is 32.2. The van der Waals surface area contributed by atoms with Gasteiger partial charge < -0.3 is 4.90 Å². The maximum absolute atomic E-state index is 4.86. The maximum Gasteiger partial charge on any atom is 0.150 e. The van der Waals surface area contributed by atoms with Crippen molar-refractivity contribution in [3.8, 4) is 11.8 Å². The van der Waals surface area contributed by atoms with Gasteiger partial charge in [-0.3, -0.25) is 0 Å². The van der Waals surface area contributed by atoms with Crippen LogP contribution >= 0.6 is 11.8 Å². The molecule has 2 aliphatic carbocycles. The third-order valence-electron chi connectivity index (χ3n) is 8.83. The van der Waals surface area contributed by atoms with Crippen LogP contribution in [0.5, 0.6) is 0 Å². The fourth-order valence-corrected chi connectivity index (χ4v) is 8.18. The Morgan fingerprint density at radius 2 is 1.92 bits per heavy atom. The van der Waals surface area contributed by atoms with Crippen LogP contribution in [0.25, 0.3) is 0 Å². The lowest BCUT2D eigenvalue weighted by atomic mass is 9.59. The van der Waals surface area contributed by atoms with Crippen LogP contribution in [-0.2, 0) is 6.42 Å². The molecule has 196 valence electrons. The third kappa shape index (κ3) is 5.63. The molecule has 2 heterocycles. The van der Waals surface area contributed by atoms with Crippen LogP contribution in [0.1, 0.15) is 89.6 Å². The first kappa shape index (κ1) is 26.4. The van der Waals surface area contributed by atoms with Crippen molar-refractivity contribution in [2.45, 2.75) is 90.9 Å². The lowest BCUT2D eigenvalue weighted by Gasteiger charge is -2.49. The van der Waals surface area contributed by atoms with Gasteiger partial charge >= 0.3 is 0 Å². The molecular formula is C33H43N3S. The minimum Gasteiger partial charge on any atom is -0.355 e. The molecule has 4 heteroatoms. The summed E-state index contributed by atoms with van der Waals surface area (Å²) in [5.41, 5.74) is 7.61. The maximum atomic E-state index is 4.86. The molecule has 0 saturated carbocycles. The highest BCUT2D eigenvalue weighted by molar-refractivity contribution is 7.99. The number of benzene rings is 1. The second-order valence-corrected chi connectivity index (χ2v) is 13.5. The molecule has 1 atom stereocenters. The number of aromatic nitrogens is 2. The van der Waals surface area contributed by atoms with Gasteiger partial charge in [0.1, 0.15) is 11.5 Å². The Morgan fingerprint density at radius 1 is 1.14 bits per heavy atom. The Labute approximate surface area is 228 Å². The van der Waals surface area contributed by atoms with Gasteiger partial charge in [0.15, 0.2) is 0 Å². The molecule has 1 fully saturated rings. The summed E-state index contributed by atoms with van der Waals surface area (Å²) in [7, 11) is 0. The normalized spacial score (nSPS) is 21.1. The van der Waals surface area contributed by atoms with E-state index in [2.05, 4.69) is 75.6 Å². The summed E-state index contributed by atoms with van der Waals surface area (Å²) in [6.45, 7) is 13.9. The molecular weight excluding hydrogens is 470 g/mol. The highest BCUT2D eigenvalue weighted by Crippen LogP contribution is 2.61. The molecule has 3 aliphatic rings. The number of anilines is 1. The molecule has 1 aliphatic heterocycles. The predicted octanol–water partition coefficient (Wildman–Crippen LogP) is 8.01. The molecule has 1 saturated heterocycles. The summed E-state index contributed by atoms with van der Waals surface area (Å²) in [6.07, 6.45) is 12.3. The number of nitrogens with zero attached hydrogens (tertiary/aromatic N) is 3. The van der Waals surface area contributed by atoms with E-state index in [0.29, 0.717) is 10.8 Å². The van der Waals surface area contributed by atoms with Crippen molar-refractivity contribution in [1.82, 2.24) is 9.97 Å². The van der Waals surface area contributed by atoms with E-state index in [0.717, 1.165) is 48.4 Å².